The molecular formula is C18H19N5O4. The molecule has 0 aliphatic carbocycles. The number of esters is 1. The van der Waals surface area contributed by atoms with Crippen molar-refractivity contribution in [3.8, 4) is 0 Å². The highest BCUT2D eigenvalue weighted by molar-refractivity contribution is 6.10. The fraction of sp³-hybridized carbons (Fsp3) is 0.333. The Morgan fingerprint density at radius 2 is 1.93 bits per heavy atom. The van der Waals surface area contributed by atoms with Gasteiger partial charge < -0.3 is 14.5 Å². The van der Waals surface area contributed by atoms with Crippen molar-refractivity contribution >= 4 is 29.6 Å². The van der Waals surface area contributed by atoms with Crippen molar-refractivity contribution in [2.45, 2.75) is 19.1 Å². The van der Waals surface area contributed by atoms with Crippen molar-refractivity contribution in [2.24, 2.45) is 4.99 Å². The zero-order chi connectivity index (χ0) is 19.3. The first-order valence-electron chi connectivity index (χ1n) is 8.48. The summed E-state index contributed by atoms with van der Waals surface area (Å²) in [5, 5.41) is 0. The van der Waals surface area contributed by atoms with Crippen LogP contribution in [-0.2, 0) is 14.3 Å². The average molecular weight is 369 g/mol. The average Bonchev–Trinajstić information content (AvgIpc) is 3.18. The summed E-state index contributed by atoms with van der Waals surface area (Å²) in [6.07, 6.45) is 1.19. The number of anilines is 1. The highest BCUT2D eigenvalue weighted by Gasteiger charge is 2.54. The van der Waals surface area contributed by atoms with Crippen LogP contribution < -0.4 is 4.90 Å². The van der Waals surface area contributed by atoms with Crippen molar-refractivity contribution in [3.63, 3.8) is 0 Å². The summed E-state index contributed by atoms with van der Waals surface area (Å²) >= 11 is 0. The molecule has 3 aliphatic rings. The molecule has 1 fully saturated rings. The van der Waals surface area contributed by atoms with Gasteiger partial charge in [-0.1, -0.05) is 18.2 Å². The summed E-state index contributed by atoms with van der Waals surface area (Å²) in [4.78, 5) is 47.9. The molecule has 3 amide bonds. The third-order valence-corrected chi connectivity index (χ3v) is 4.92. The maximum absolute atomic E-state index is 13.0. The molecule has 9 nitrogen and oxygen atoms in total. The molecule has 1 aromatic carbocycles. The largest absolute Gasteiger partial charge is 0.468 e. The molecule has 9 heteroatoms. The van der Waals surface area contributed by atoms with E-state index in [-0.39, 0.29) is 0 Å². The number of nitrogens with zero attached hydrogens (tertiary/aromatic N) is 5. The number of guanidine groups is 1. The molecule has 2 atom stereocenters. The zero-order valence-electron chi connectivity index (χ0n) is 15.2. The summed E-state index contributed by atoms with van der Waals surface area (Å²) in [5.41, 5.74) is 1.82. The van der Waals surface area contributed by atoms with Crippen LogP contribution >= 0.6 is 0 Å². The minimum Gasteiger partial charge on any atom is -0.468 e. The number of allylic oxidation sites excluding steroid dienone is 1. The molecular weight excluding hydrogens is 350 g/mol. The molecule has 4 rings (SSSR count). The predicted molar refractivity (Wildman–Crippen MR) is 96.4 cm³/mol. The molecule has 3 aliphatic heterocycles. The molecule has 3 heterocycles. The van der Waals surface area contributed by atoms with Crippen LogP contribution in [-0.4, -0.2) is 71.5 Å². The molecule has 1 aromatic rings. The number of likely N-dealkylation sites (N-methyl/N-ethyl adjacent to an activating group) is 1. The molecule has 1 saturated heterocycles. The van der Waals surface area contributed by atoms with Gasteiger partial charge in [0.2, 0.25) is 5.96 Å². The molecule has 0 radical (unpaired) electrons. The van der Waals surface area contributed by atoms with Gasteiger partial charge >= 0.3 is 12.0 Å². The van der Waals surface area contributed by atoms with E-state index in [2.05, 4.69) is 9.73 Å². The number of amides is 3. The van der Waals surface area contributed by atoms with Gasteiger partial charge in [-0.2, -0.15) is 0 Å². The third kappa shape index (κ3) is 2.46. The second-order valence-electron chi connectivity index (χ2n) is 6.53. The lowest BCUT2D eigenvalue weighted by atomic mass is 10.1. The van der Waals surface area contributed by atoms with Crippen LogP contribution in [0.15, 0.2) is 47.2 Å². The van der Waals surface area contributed by atoms with E-state index in [4.69, 9.17) is 0 Å². The van der Waals surface area contributed by atoms with E-state index in [1.54, 1.807) is 11.9 Å². The minimum absolute atomic E-state index is 0.421. The number of ether oxygens (including phenoxy) is 1. The number of imide groups is 1. The number of fused-ring (bicyclic) bond motifs is 3. The van der Waals surface area contributed by atoms with E-state index < -0.39 is 36.7 Å². The Morgan fingerprint density at radius 1 is 1.22 bits per heavy atom. The Morgan fingerprint density at radius 3 is 2.59 bits per heavy atom. The van der Waals surface area contributed by atoms with Crippen molar-refractivity contribution in [3.05, 3.63) is 42.2 Å². The van der Waals surface area contributed by atoms with Crippen LogP contribution in [0, 0.1) is 0 Å². The number of urea groups is 1. The van der Waals surface area contributed by atoms with Crippen molar-refractivity contribution < 1.29 is 19.1 Å². The van der Waals surface area contributed by atoms with Gasteiger partial charge in [0.25, 0.3) is 5.91 Å². The van der Waals surface area contributed by atoms with Crippen LogP contribution in [0.2, 0.25) is 0 Å². The SMILES string of the molecule is COC(=O)CN1C(=O)C2C(N=C3N(c4ccccc4)C(C)=CN32)N(C)C1=O. The standard InChI is InChI=1S/C18H19N5O4/c1-11-9-21-14-15(19-17(21)23(11)12-7-5-4-6-8-12)20(2)18(26)22(16(14)25)10-13(24)27-3/h4-9,14-15H,10H2,1-3H3. The Bertz CT molecular complexity index is 881. The van der Waals surface area contributed by atoms with Gasteiger partial charge in [-0.05, 0) is 19.1 Å². The molecule has 0 bridgehead atoms. The number of para-hydroxylation sites is 1. The minimum atomic E-state index is -0.712. The molecule has 0 spiro atoms. The monoisotopic (exact) mass is 369 g/mol. The lowest BCUT2D eigenvalue weighted by molar-refractivity contribution is -0.148. The van der Waals surface area contributed by atoms with Gasteiger partial charge in [0.05, 0.1) is 7.11 Å². The number of aliphatic imine (C=N–C) groups is 1. The quantitative estimate of drug-likeness (QED) is 0.733. The van der Waals surface area contributed by atoms with E-state index >= 15 is 0 Å². The van der Waals surface area contributed by atoms with E-state index in [0.717, 1.165) is 16.3 Å². The normalized spacial score (nSPS) is 24.0. The summed E-state index contributed by atoms with van der Waals surface area (Å²) in [6.45, 7) is 1.51. The maximum Gasteiger partial charge on any atom is 0.328 e. The number of hydrogen-bond donors (Lipinski definition) is 0. The second-order valence-corrected chi connectivity index (χ2v) is 6.53. The van der Waals surface area contributed by atoms with Gasteiger partial charge in [-0.15, -0.1) is 0 Å². The fourth-order valence-electron chi connectivity index (χ4n) is 3.59. The zero-order valence-corrected chi connectivity index (χ0v) is 15.2. The number of carbonyl (C=O) groups is 3. The first-order valence-corrected chi connectivity index (χ1v) is 8.48. The number of methoxy groups -OCH3 is 1. The van der Waals surface area contributed by atoms with E-state index in [1.165, 1.54) is 12.0 Å². The van der Waals surface area contributed by atoms with Crippen LogP contribution in [0.4, 0.5) is 10.5 Å². The summed E-state index contributed by atoms with van der Waals surface area (Å²) in [6, 6.07) is 8.39. The first kappa shape index (κ1) is 17.1. The van der Waals surface area contributed by atoms with Crippen LogP contribution in [0.3, 0.4) is 0 Å². The highest BCUT2D eigenvalue weighted by atomic mass is 16.5. The smallest absolute Gasteiger partial charge is 0.328 e. The van der Waals surface area contributed by atoms with Crippen LogP contribution in [0.25, 0.3) is 0 Å². The van der Waals surface area contributed by atoms with Crippen molar-refractivity contribution in [2.75, 3.05) is 25.6 Å². The Balaban J connectivity index is 1.69. The molecule has 0 saturated carbocycles. The van der Waals surface area contributed by atoms with E-state index in [9.17, 15) is 14.4 Å². The Hall–Kier alpha value is -3.36. The number of rotatable bonds is 3. The Kier molecular flexibility index (Phi) is 3.87. The molecule has 0 aromatic heterocycles. The van der Waals surface area contributed by atoms with Crippen LogP contribution in [0.5, 0.6) is 0 Å². The third-order valence-electron chi connectivity index (χ3n) is 4.92. The Labute approximate surface area is 156 Å². The van der Waals surface area contributed by atoms with Gasteiger partial charge in [-0.3, -0.25) is 19.4 Å². The topological polar surface area (TPSA) is 85.8 Å². The molecule has 27 heavy (non-hydrogen) atoms. The maximum atomic E-state index is 13.0. The fourth-order valence-corrected chi connectivity index (χ4v) is 3.59. The summed E-state index contributed by atoms with van der Waals surface area (Å²) in [7, 11) is 2.79. The lowest BCUT2D eigenvalue weighted by Gasteiger charge is -2.39. The molecule has 140 valence electrons. The predicted octanol–water partition coefficient (Wildman–Crippen LogP) is 0.801. The van der Waals surface area contributed by atoms with Gasteiger partial charge in [-0.25, -0.2) is 9.79 Å². The van der Waals surface area contributed by atoms with Gasteiger partial charge in [0.1, 0.15) is 6.54 Å². The van der Waals surface area contributed by atoms with Crippen LogP contribution in [0.1, 0.15) is 6.92 Å². The molecule has 2 unspecified atom stereocenters. The van der Waals surface area contributed by atoms with Crippen molar-refractivity contribution in [1.82, 2.24) is 14.7 Å². The number of carbonyl (C=O) groups excluding carboxylic acids is 3. The summed E-state index contributed by atoms with van der Waals surface area (Å²) in [5.74, 6) is -0.533. The van der Waals surface area contributed by atoms with Gasteiger partial charge in [0, 0.05) is 24.6 Å². The molecule has 0 N–H and O–H groups in total. The second kappa shape index (κ2) is 6.11. The van der Waals surface area contributed by atoms with Crippen molar-refractivity contribution in [1.29, 1.82) is 0 Å². The first-order chi connectivity index (χ1) is 12.9. The lowest BCUT2D eigenvalue weighted by Crippen LogP contribution is -2.65. The number of benzene rings is 1. The van der Waals surface area contributed by atoms with Gasteiger partial charge in [0.15, 0.2) is 12.2 Å². The van der Waals surface area contributed by atoms with E-state index in [1.807, 2.05) is 48.4 Å². The van der Waals surface area contributed by atoms with E-state index in [0.29, 0.717) is 5.96 Å². The summed E-state index contributed by atoms with van der Waals surface area (Å²) < 4.78 is 4.61. The number of hydrogen-bond acceptors (Lipinski definition) is 7. The highest BCUT2D eigenvalue weighted by Crippen LogP contribution is 2.36.